The van der Waals surface area contributed by atoms with Crippen molar-refractivity contribution in [3.8, 4) is 28.0 Å². The fraction of sp³-hybridized carbons (Fsp3) is 0.394. The van der Waals surface area contributed by atoms with Gasteiger partial charge in [0.1, 0.15) is 11.6 Å². The van der Waals surface area contributed by atoms with E-state index in [1.807, 2.05) is 19.9 Å². The molecule has 0 spiro atoms. The molecule has 3 aromatic carbocycles. The Balaban J connectivity index is 1.35. The van der Waals surface area contributed by atoms with Crippen LogP contribution in [-0.4, -0.2) is 25.2 Å². The molecule has 2 atom stereocenters. The molecule has 0 bridgehead atoms. The Morgan fingerprint density at radius 2 is 1.57 bits per heavy atom. The lowest BCUT2D eigenvalue weighted by Gasteiger charge is -2.31. The van der Waals surface area contributed by atoms with Crippen molar-refractivity contribution in [1.82, 2.24) is 0 Å². The van der Waals surface area contributed by atoms with Crippen LogP contribution in [0.5, 0.6) is 5.75 Å². The number of hydrogen-bond acceptors (Lipinski definition) is 2. The Morgan fingerprint density at radius 3 is 2.17 bits per heavy atom. The molecule has 2 nitrogen and oxygen atoms in total. The molecule has 0 saturated carbocycles. The molecule has 0 aliphatic carbocycles. The maximum absolute atomic E-state index is 15.0. The number of aryl methyl sites for hydroxylation is 1. The summed E-state index contributed by atoms with van der Waals surface area (Å²) in [7, 11) is 0. The fourth-order valence-corrected chi connectivity index (χ4v) is 5.08. The van der Waals surface area contributed by atoms with E-state index in [4.69, 9.17) is 9.47 Å². The maximum Gasteiger partial charge on any atom is 0.281 e. The maximum atomic E-state index is 15.0. The van der Waals surface area contributed by atoms with Gasteiger partial charge in [0, 0.05) is 24.2 Å². The van der Waals surface area contributed by atoms with Crippen LogP contribution in [0, 0.1) is 23.4 Å². The van der Waals surface area contributed by atoms with Crippen LogP contribution >= 0.6 is 0 Å². The van der Waals surface area contributed by atoms with Gasteiger partial charge in [-0.05, 0) is 85.9 Å². The summed E-state index contributed by atoms with van der Waals surface area (Å²) in [5.74, 6) is -5.74. The van der Waals surface area contributed by atoms with Gasteiger partial charge in [-0.3, -0.25) is 0 Å². The number of alkyl halides is 2. The predicted octanol–water partition coefficient (Wildman–Crippen LogP) is 9.56. The molecule has 0 aromatic heterocycles. The van der Waals surface area contributed by atoms with Gasteiger partial charge in [-0.2, -0.15) is 0 Å². The summed E-state index contributed by atoms with van der Waals surface area (Å²) >= 11 is 0. The van der Waals surface area contributed by atoms with Gasteiger partial charge in [0.2, 0.25) is 0 Å². The zero-order valence-electron chi connectivity index (χ0n) is 22.9. The largest absolute Gasteiger partial charge is 0.484 e. The second-order valence-corrected chi connectivity index (χ2v) is 10.4. The molecule has 7 heteroatoms. The van der Waals surface area contributed by atoms with E-state index in [1.165, 1.54) is 30.3 Å². The van der Waals surface area contributed by atoms with Crippen molar-refractivity contribution in [2.24, 2.45) is 5.92 Å². The van der Waals surface area contributed by atoms with Crippen molar-refractivity contribution in [1.29, 1.82) is 0 Å². The summed E-state index contributed by atoms with van der Waals surface area (Å²) in [5.41, 5.74) is 1.78. The second-order valence-electron chi connectivity index (χ2n) is 10.4. The van der Waals surface area contributed by atoms with Crippen LogP contribution in [0.15, 0.2) is 66.7 Å². The van der Waals surface area contributed by atoms with Crippen LogP contribution in [0.1, 0.15) is 51.5 Å². The first-order chi connectivity index (χ1) is 19.2. The van der Waals surface area contributed by atoms with E-state index in [0.29, 0.717) is 18.4 Å². The first-order valence-corrected chi connectivity index (χ1v) is 13.8. The van der Waals surface area contributed by atoms with E-state index in [9.17, 15) is 22.0 Å². The van der Waals surface area contributed by atoms with Crippen molar-refractivity contribution in [2.75, 3.05) is 13.2 Å². The van der Waals surface area contributed by atoms with Gasteiger partial charge in [-0.15, -0.1) is 0 Å². The Bertz CT molecular complexity index is 1310. The van der Waals surface area contributed by atoms with Gasteiger partial charge in [-0.1, -0.05) is 49.4 Å². The summed E-state index contributed by atoms with van der Waals surface area (Å²) in [4.78, 5) is 0. The quantitative estimate of drug-likeness (QED) is 0.172. The zero-order chi connectivity index (χ0) is 28.7. The Labute approximate surface area is 232 Å². The summed E-state index contributed by atoms with van der Waals surface area (Å²) in [6.07, 6.45) is 7.61. The van der Waals surface area contributed by atoms with Crippen LogP contribution in [0.25, 0.3) is 22.3 Å². The minimum absolute atomic E-state index is 0.0967. The molecule has 214 valence electrons. The average Bonchev–Trinajstić information content (AvgIpc) is 2.93. The molecule has 0 amide bonds. The van der Waals surface area contributed by atoms with E-state index in [1.54, 1.807) is 18.2 Å². The third kappa shape index (κ3) is 7.72. The SMILES string of the molecule is CC=CCCC1CCC(CC(F)(F)COc2ccc(-c3ccc(-c4ccc(CC)cc4F)cc3F)cc2F)CO1. The molecule has 1 fully saturated rings. The normalized spacial score (nSPS) is 17.9. The van der Waals surface area contributed by atoms with Crippen molar-refractivity contribution in [3.05, 3.63) is 89.8 Å². The van der Waals surface area contributed by atoms with Gasteiger partial charge in [-0.25, -0.2) is 22.0 Å². The van der Waals surface area contributed by atoms with E-state index in [2.05, 4.69) is 6.08 Å². The molecule has 0 N–H and O–H groups in total. The van der Waals surface area contributed by atoms with Gasteiger partial charge in [0.05, 0.1) is 6.10 Å². The predicted molar refractivity (Wildman–Crippen MR) is 148 cm³/mol. The van der Waals surface area contributed by atoms with Gasteiger partial charge in [0.25, 0.3) is 5.92 Å². The number of rotatable bonds is 11. The minimum atomic E-state index is -3.15. The Hall–Kier alpha value is -3.19. The monoisotopic (exact) mass is 558 g/mol. The van der Waals surface area contributed by atoms with Crippen LogP contribution in [0.3, 0.4) is 0 Å². The molecular weight excluding hydrogens is 523 g/mol. The molecular formula is C33H35F5O2. The van der Waals surface area contributed by atoms with E-state index in [0.717, 1.165) is 30.9 Å². The van der Waals surface area contributed by atoms with Crippen LogP contribution in [-0.2, 0) is 11.2 Å². The molecule has 3 aromatic rings. The standard InChI is InChI=1S/C33H35F5O2/c1-3-5-6-7-26-12-8-23(20-39-26)19-33(37,38)21-40-32-15-11-25(18-31(32)36)28-14-10-24(17-30(28)35)27-13-9-22(4-2)16-29(27)34/h3,5,9-11,13-18,23,26H,4,6-8,12,19-21H2,1-2H3. The molecule has 0 radical (unpaired) electrons. The zero-order valence-corrected chi connectivity index (χ0v) is 22.9. The number of allylic oxidation sites excluding steroid dienone is 2. The third-order valence-electron chi connectivity index (χ3n) is 7.35. The summed E-state index contributed by atoms with van der Waals surface area (Å²) in [5, 5.41) is 0. The molecule has 1 aliphatic heterocycles. The van der Waals surface area contributed by atoms with Crippen molar-refractivity contribution >= 4 is 0 Å². The number of halogens is 5. The molecule has 40 heavy (non-hydrogen) atoms. The Kier molecular flexibility index (Phi) is 10.0. The topological polar surface area (TPSA) is 18.5 Å². The highest BCUT2D eigenvalue weighted by Crippen LogP contribution is 2.34. The van der Waals surface area contributed by atoms with Crippen LogP contribution in [0.4, 0.5) is 22.0 Å². The molecule has 2 unspecified atom stereocenters. The number of benzene rings is 3. The highest BCUT2D eigenvalue weighted by molar-refractivity contribution is 5.72. The lowest BCUT2D eigenvalue weighted by molar-refractivity contribution is -0.0904. The number of ether oxygens (including phenoxy) is 2. The van der Waals surface area contributed by atoms with E-state index in [-0.39, 0.29) is 41.1 Å². The lowest BCUT2D eigenvalue weighted by Crippen LogP contribution is -2.34. The minimum Gasteiger partial charge on any atom is -0.484 e. The summed E-state index contributed by atoms with van der Waals surface area (Å²) in [6, 6.07) is 12.7. The van der Waals surface area contributed by atoms with Crippen LogP contribution < -0.4 is 4.74 Å². The average molecular weight is 559 g/mol. The van der Waals surface area contributed by atoms with Crippen LogP contribution in [0.2, 0.25) is 0 Å². The third-order valence-corrected chi connectivity index (χ3v) is 7.35. The first kappa shape index (κ1) is 29.8. The molecule has 4 rings (SSSR count). The smallest absolute Gasteiger partial charge is 0.281 e. The van der Waals surface area contributed by atoms with E-state index >= 15 is 0 Å². The van der Waals surface area contributed by atoms with Gasteiger partial charge in [0.15, 0.2) is 18.2 Å². The fourth-order valence-electron chi connectivity index (χ4n) is 5.08. The summed E-state index contributed by atoms with van der Waals surface area (Å²) < 4.78 is 84.4. The van der Waals surface area contributed by atoms with E-state index < -0.39 is 36.4 Å². The second kappa shape index (κ2) is 13.4. The molecule has 1 saturated heterocycles. The first-order valence-electron chi connectivity index (χ1n) is 13.8. The van der Waals surface area contributed by atoms with Crippen molar-refractivity contribution in [3.63, 3.8) is 0 Å². The summed E-state index contributed by atoms with van der Waals surface area (Å²) in [6.45, 7) is 3.19. The van der Waals surface area contributed by atoms with Gasteiger partial charge < -0.3 is 9.47 Å². The van der Waals surface area contributed by atoms with Crippen molar-refractivity contribution < 1.29 is 31.4 Å². The molecule has 1 aliphatic rings. The lowest BCUT2D eigenvalue weighted by atomic mass is 9.91. The van der Waals surface area contributed by atoms with Crippen molar-refractivity contribution in [2.45, 2.75) is 64.4 Å². The Morgan fingerprint density at radius 1 is 0.900 bits per heavy atom. The highest BCUT2D eigenvalue weighted by Gasteiger charge is 2.36. The van der Waals surface area contributed by atoms with Gasteiger partial charge >= 0.3 is 0 Å². The number of hydrogen-bond donors (Lipinski definition) is 0. The highest BCUT2D eigenvalue weighted by atomic mass is 19.3. The molecule has 1 heterocycles.